The van der Waals surface area contributed by atoms with Crippen LogP contribution in [0.15, 0.2) is 18.2 Å². The molecule has 1 aromatic carbocycles. The van der Waals surface area contributed by atoms with Crippen LogP contribution in [0.1, 0.15) is 42.9 Å². The van der Waals surface area contributed by atoms with Crippen LogP contribution in [0.25, 0.3) is 0 Å². The Morgan fingerprint density at radius 1 is 1.33 bits per heavy atom. The number of rotatable bonds is 6. The first kappa shape index (κ1) is 14.4. The normalized spacial score (nSPS) is 13.9. The fraction of sp³-hybridized carbons (Fsp3) is 0.500. The molecule has 0 amide bonds. The number of carbonyl (C=O) groups excluding carboxylic acids is 1. The van der Waals surface area contributed by atoms with Gasteiger partial charge in [-0.15, -0.1) is 0 Å². The van der Waals surface area contributed by atoms with Gasteiger partial charge in [-0.2, -0.15) is 0 Å². The molecule has 0 fully saturated rings. The summed E-state index contributed by atoms with van der Waals surface area (Å²) in [6.07, 6.45) is 2.24. The van der Waals surface area contributed by atoms with Crippen LogP contribution < -0.4 is 0 Å². The summed E-state index contributed by atoms with van der Waals surface area (Å²) in [7, 11) is 0. The molecule has 18 heavy (non-hydrogen) atoms. The van der Waals surface area contributed by atoms with Crippen molar-refractivity contribution in [2.45, 2.75) is 45.6 Å². The number of hydrogen-bond acceptors (Lipinski definition) is 3. The van der Waals surface area contributed by atoms with Crippen molar-refractivity contribution < 1.29 is 9.72 Å². The van der Waals surface area contributed by atoms with E-state index in [9.17, 15) is 14.9 Å². The Hall–Kier alpha value is -1.71. The first-order chi connectivity index (χ1) is 8.49. The second kappa shape index (κ2) is 5.76. The van der Waals surface area contributed by atoms with Gasteiger partial charge in [0.2, 0.25) is 6.29 Å². The van der Waals surface area contributed by atoms with Crippen molar-refractivity contribution in [1.29, 1.82) is 0 Å². The van der Waals surface area contributed by atoms with Crippen LogP contribution in [0.4, 0.5) is 0 Å². The second-order valence-electron chi connectivity index (χ2n) is 4.67. The standard InChI is InChI=1S/C14H19NO3/c1-4-5-9-14(10-16,15(17)18)13-11(2)7-6-8-12(13)3/h6-8,10H,4-5,9H2,1-3H3. The molecule has 0 aromatic heterocycles. The topological polar surface area (TPSA) is 60.2 Å². The lowest BCUT2D eigenvalue weighted by molar-refractivity contribution is -0.559. The van der Waals surface area contributed by atoms with Crippen molar-refractivity contribution in [1.82, 2.24) is 0 Å². The zero-order chi connectivity index (χ0) is 13.8. The number of benzene rings is 1. The molecule has 0 bridgehead atoms. The van der Waals surface area contributed by atoms with E-state index in [-0.39, 0.29) is 6.42 Å². The minimum atomic E-state index is -1.59. The van der Waals surface area contributed by atoms with Crippen molar-refractivity contribution in [3.05, 3.63) is 45.0 Å². The van der Waals surface area contributed by atoms with Crippen molar-refractivity contribution in [3.8, 4) is 0 Å². The number of aldehydes is 1. The Morgan fingerprint density at radius 3 is 2.28 bits per heavy atom. The summed E-state index contributed by atoms with van der Waals surface area (Å²) in [5.74, 6) is 0. The Labute approximate surface area is 107 Å². The van der Waals surface area contributed by atoms with E-state index in [0.717, 1.165) is 17.5 Å². The summed E-state index contributed by atoms with van der Waals surface area (Å²) in [5.41, 5.74) is 0.564. The zero-order valence-electron chi connectivity index (χ0n) is 11.1. The van der Waals surface area contributed by atoms with Crippen LogP contribution in [0.2, 0.25) is 0 Å². The largest absolute Gasteiger partial charge is 0.301 e. The van der Waals surface area contributed by atoms with E-state index in [1.807, 2.05) is 39.0 Å². The number of carbonyl (C=O) groups is 1. The van der Waals surface area contributed by atoms with Gasteiger partial charge in [-0.1, -0.05) is 31.5 Å². The van der Waals surface area contributed by atoms with Crippen molar-refractivity contribution in [3.63, 3.8) is 0 Å². The lowest BCUT2D eigenvalue weighted by Gasteiger charge is -2.23. The van der Waals surface area contributed by atoms with Gasteiger partial charge < -0.3 is 0 Å². The predicted molar refractivity (Wildman–Crippen MR) is 70.2 cm³/mol. The van der Waals surface area contributed by atoms with E-state index < -0.39 is 10.5 Å². The molecule has 0 saturated carbocycles. The molecule has 0 aliphatic rings. The van der Waals surface area contributed by atoms with E-state index in [0.29, 0.717) is 18.3 Å². The van der Waals surface area contributed by atoms with Gasteiger partial charge in [-0.3, -0.25) is 14.9 Å². The molecule has 4 heteroatoms. The monoisotopic (exact) mass is 249 g/mol. The van der Waals surface area contributed by atoms with Gasteiger partial charge in [-0.05, 0) is 31.4 Å². The predicted octanol–water partition coefficient (Wildman–Crippen LogP) is 3.16. The summed E-state index contributed by atoms with van der Waals surface area (Å²) in [6, 6.07) is 5.48. The van der Waals surface area contributed by atoms with Gasteiger partial charge in [0.05, 0.1) is 0 Å². The average molecular weight is 249 g/mol. The minimum absolute atomic E-state index is 0.256. The third-order valence-corrected chi connectivity index (χ3v) is 3.35. The maximum atomic E-state index is 11.4. The van der Waals surface area contributed by atoms with Gasteiger partial charge >= 0.3 is 5.54 Å². The molecule has 0 heterocycles. The third-order valence-electron chi connectivity index (χ3n) is 3.35. The van der Waals surface area contributed by atoms with E-state index in [1.165, 1.54) is 0 Å². The van der Waals surface area contributed by atoms with Gasteiger partial charge in [0.1, 0.15) is 0 Å². The Balaban J connectivity index is 3.42. The first-order valence-electron chi connectivity index (χ1n) is 6.17. The van der Waals surface area contributed by atoms with E-state index in [4.69, 9.17) is 0 Å². The molecule has 0 aliphatic heterocycles. The Morgan fingerprint density at radius 2 is 1.89 bits per heavy atom. The molecule has 0 radical (unpaired) electrons. The fourth-order valence-electron chi connectivity index (χ4n) is 2.41. The maximum Gasteiger partial charge on any atom is 0.301 e. The number of nitro groups is 1. The van der Waals surface area contributed by atoms with Crippen LogP contribution in [0.3, 0.4) is 0 Å². The highest BCUT2D eigenvalue weighted by Gasteiger charge is 2.46. The Kier molecular flexibility index (Phi) is 4.59. The van der Waals surface area contributed by atoms with Gasteiger partial charge in [0.15, 0.2) is 0 Å². The van der Waals surface area contributed by atoms with Crippen LogP contribution in [-0.4, -0.2) is 11.2 Å². The Bertz CT molecular complexity index is 436. The molecule has 1 aromatic rings. The number of hydrogen-bond donors (Lipinski definition) is 0. The summed E-state index contributed by atoms with van der Waals surface area (Å²) in [5, 5.41) is 11.4. The van der Waals surface area contributed by atoms with E-state index in [1.54, 1.807) is 0 Å². The summed E-state index contributed by atoms with van der Waals surface area (Å²) in [4.78, 5) is 22.4. The molecule has 0 spiro atoms. The molecular weight excluding hydrogens is 230 g/mol. The quantitative estimate of drug-likeness (QED) is 0.442. The summed E-state index contributed by atoms with van der Waals surface area (Å²) >= 11 is 0. The van der Waals surface area contributed by atoms with Crippen LogP contribution in [-0.2, 0) is 10.3 Å². The fourth-order valence-corrected chi connectivity index (χ4v) is 2.41. The van der Waals surface area contributed by atoms with Crippen molar-refractivity contribution in [2.75, 3.05) is 0 Å². The summed E-state index contributed by atoms with van der Waals surface area (Å²) < 4.78 is 0. The third kappa shape index (κ3) is 2.42. The number of unbranched alkanes of at least 4 members (excludes halogenated alkanes) is 1. The summed E-state index contributed by atoms with van der Waals surface area (Å²) in [6.45, 7) is 5.59. The number of aryl methyl sites for hydroxylation is 2. The van der Waals surface area contributed by atoms with Gasteiger partial charge in [0, 0.05) is 16.9 Å². The molecule has 98 valence electrons. The molecule has 1 atom stereocenters. The average Bonchev–Trinajstić information content (AvgIpc) is 2.32. The second-order valence-corrected chi connectivity index (χ2v) is 4.67. The molecule has 0 aliphatic carbocycles. The molecular formula is C14H19NO3. The van der Waals surface area contributed by atoms with Gasteiger partial charge in [0.25, 0.3) is 0 Å². The maximum absolute atomic E-state index is 11.4. The van der Waals surface area contributed by atoms with Crippen molar-refractivity contribution >= 4 is 6.29 Å². The molecule has 4 nitrogen and oxygen atoms in total. The highest BCUT2D eigenvalue weighted by Crippen LogP contribution is 2.33. The van der Waals surface area contributed by atoms with Gasteiger partial charge in [-0.25, -0.2) is 0 Å². The molecule has 0 N–H and O–H groups in total. The van der Waals surface area contributed by atoms with E-state index >= 15 is 0 Å². The van der Waals surface area contributed by atoms with Crippen LogP contribution in [0, 0.1) is 24.0 Å². The zero-order valence-corrected chi connectivity index (χ0v) is 11.1. The minimum Gasteiger partial charge on any atom is -0.295 e. The lowest BCUT2D eigenvalue weighted by Crippen LogP contribution is -2.38. The molecule has 0 saturated heterocycles. The van der Waals surface area contributed by atoms with Crippen LogP contribution in [0.5, 0.6) is 0 Å². The lowest BCUT2D eigenvalue weighted by atomic mass is 9.81. The van der Waals surface area contributed by atoms with Crippen molar-refractivity contribution in [2.24, 2.45) is 0 Å². The first-order valence-corrected chi connectivity index (χ1v) is 6.17. The number of nitrogens with zero attached hydrogens (tertiary/aromatic N) is 1. The SMILES string of the molecule is CCCCC(C=O)(c1c(C)cccc1C)[N+](=O)[O-]. The van der Waals surface area contributed by atoms with E-state index in [2.05, 4.69) is 0 Å². The smallest absolute Gasteiger partial charge is 0.295 e. The highest BCUT2D eigenvalue weighted by atomic mass is 16.6. The highest BCUT2D eigenvalue weighted by molar-refractivity contribution is 5.68. The molecule has 1 unspecified atom stereocenters. The molecule has 1 rings (SSSR count). The van der Waals surface area contributed by atoms with Crippen LogP contribution >= 0.6 is 0 Å².